The SMILES string of the molecule is CCCN1/C(=C/C=C/C=C/C2=Nc3c(cc(C(=O)N(C)OCCCCCC(=O)ON4C(=O)CCC4=O)c[n+]3CCCS(=O)(=O)O)C2(C)C)C(C)(Cc2ccc(C(=O)ON3C(=O)CCC3=O)cc2)c2cc(S(=O)(=O)O)ccc21. The smallest absolute Gasteiger partial charge is 0.344 e. The van der Waals surface area contributed by atoms with Crippen molar-refractivity contribution in [2.75, 3.05) is 30.9 Å². The number of aromatic nitrogens is 1. The lowest BCUT2D eigenvalue weighted by atomic mass is 9.76. The molecule has 2 saturated heterocycles. The normalized spacial score (nSPS) is 18.8. The number of hydrogen-bond acceptors (Lipinski definition) is 16. The van der Waals surface area contributed by atoms with Crippen LogP contribution in [0.25, 0.3) is 0 Å². The summed E-state index contributed by atoms with van der Waals surface area (Å²) >= 11 is 0. The number of benzene rings is 2. The second-order valence-corrected chi connectivity index (χ2v) is 22.7. The van der Waals surface area contributed by atoms with Crippen molar-refractivity contribution in [3.8, 4) is 0 Å². The Balaban J connectivity index is 1.08. The summed E-state index contributed by atoms with van der Waals surface area (Å²) in [5.41, 5.74) is 2.85. The molecule has 1 atom stereocenters. The first-order valence-corrected chi connectivity index (χ1v) is 28.1. The molecule has 0 spiro atoms. The summed E-state index contributed by atoms with van der Waals surface area (Å²) in [5.74, 6) is -4.48. The van der Waals surface area contributed by atoms with Gasteiger partial charge in [0.2, 0.25) is 0 Å². The molecule has 4 aliphatic heterocycles. The predicted octanol–water partition coefficient (Wildman–Crippen LogP) is 5.68. The van der Waals surface area contributed by atoms with E-state index in [4.69, 9.17) is 19.5 Å². The lowest BCUT2D eigenvalue weighted by Crippen LogP contribution is -2.39. The molecule has 22 nitrogen and oxygen atoms in total. The molecule has 410 valence electrons. The van der Waals surface area contributed by atoms with Crippen LogP contribution >= 0.6 is 0 Å². The number of anilines is 1. The van der Waals surface area contributed by atoms with Gasteiger partial charge in [0.05, 0.1) is 45.9 Å². The molecule has 0 radical (unpaired) electrons. The molecule has 0 saturated carbocycles. The number of rotatable bonds is 23. The highest BCUT2D eigenvalue weighted by atomic mass is 32.2. The molecule has 0 aliphatic carbocycles. The molecule has 77 heavy (non-hydrogen) atoms. The molecular formula is C53H61N6O16S2+. The van der Waals surface area contributed by atoms with Gasteiger partial charge in [-0.2, -0.15) is 16.8 Å². The summed E-state index contributed by atoms with van der Waals surface area (Å²) in [6.45, 7) is 8.57. The van der Waals surface area contributed by atoms with Gasteiger partial charge in [-0.05, 0) is 111 Å². The van der Waals surface area contributed by atoms with Gasteiger partial charge in [-0.15, -0.1) is 10.1 Å². The van der Waals surface area contributed by atoms with E-state index in [0.29, 0.717) is 65.0 Å². The third kappa shape index (κ3) is 13.3. The van der Waals surface area contributed by atoms with E-state index in [2.05, 4.69) is 4.90 Å². The number of carbonyl (C=O) groups is 7. The van der Waals surface area contributed by atoms with Gasteiger partial charge in [0, 0.05) is 68.9 Å². The van der Waals surface area contributed by atoms with E-state index in [1.165, 1.54) is 31.3 Å². The monoisotopic (exact) mass is 1100 g/mol. The lowest BCUT2D eigenvalue weighted by Gasteiger charge is -2.30. The summed E-state index contributed by atoms with van der Waals surface area (Å²) < 4.78 is 69.6. The van der Waals surface area contributed by atoms with Crippen molar-refractivity contribution < 1.29 is 78.6 Å². The molecule has 2 fully saturated rings. The van der Waals surface area contributed by atoms with Crippen LogP contribution in [0.15, 0.2) is 101 Å². The van der Waals surface area contributed by atoms with Crippen molar-refractivity contribution >= 4 is 78.9 Å². The first kappa shape index (κ1) is 57.5. The van der Waals surface area contributed by atoms with Crippen LogP contribution in [-0.2, 0) is 82.5 Å². The van der Waals surface area contributed by atoms with E-state index in [9.17, 15) is 59.5 Å². The molecule has 24 heteroatoms. The maximum absolute atomic E-state index is 13.8. The summed E-state index contributed by atoms with van der Waals surface area (Å²) in [5, 5.41) is 2.06. The van der Waals surface area contributed by atoms with Crippen molar-refractivity contribution in [1.29, 1.82) is 0 Å². The van der Waals surface area contributed by atoms with Crippen molar-refractivity contribution in [3.63, 3.8) is 0 Å². The Bertz CT molecular complexity index is 3210. The minimum atomic E-state index is -4.59. The molecule has 0 bridgehead atoms. The lowest BCUT2D eigenvalue weighted by molar-refractivity contribution is -0.684. The Hall–Kier alpha value is -7.25. The second-order valence-electron chi connectivity index (χ2n) is 19.7. The van der Waals surface area contributed by atoms with Crippen molar-refractivity contribution in [1.82, 2.24) is 15.2 Å². The van der Waals surface area contributed by atoms with E-state index in [0.717, 1.165) is 28.4 Å². The Morgan fingerprint density at radius 2 is 1.44 bits per heavy atom. The fraction of sp³-hybridized carbons (Fsp3) is 0.415. The standard InChI is InChI=1S/C53H60N6O16S2/c1-6-27-57-41-22-21-38(77(70,71)72)32-39(41)53(4,33-35-17-19-36(20-18-35)51(66)75-59-46(62)25-26-47(59)63)43(57)15-10-7-9-14-42-52(2,3)40-31-37(34-56(49(40)54-42)28-13-30-76(67,68)69)50(65)55(5)73-29-12-8-11-16-48(64)74-58-44(60)23-24-45(58)61/h7,9-10,14-15,17-22,31-32,34H,6,8,11-13,16,23-30,33H2,1-5H3,(H-,67,68,69,70,71,72)/p+1. The molecular weight excluding hydrogens is 1040 g/mol. The molecule has 1 unspecified atom stereocenters. The van der Waals surface area contributed by atoms with Gasteiger partial charge in [-0.1, -0.05) is 43.7 Å². The van der Waals surface area contributed by atoms with E-state index < -0.39 is 78.3 Å². The van der Waals surface area contributed by atoms with E-state index in [1.807, 2.05) is 45.9 Å². The number of aryl methyl sites for hydroxylation is 1. The minimum absolute atomic E-state index is 0.00374. The topological polar surface area (TPSA) is 285 Å². The summed E-state index contributed by atoms with van der Waals surface area (Å²) in [7, 11) is -7.43. The number of amides is 5. The molecule has 1 aromatic heterocycles. The Morgan fingerprint density at radius 1 is 0.792 bits per heavy atom. The number of imide groups is 2. The fourth-order valence-corrected chi connectivity index (χ4v) is 10.5. The van der Waals surface area contributed by atoms with Gasteiger partial charge >= 0.3 is 17.8 Å². The highest BCUT2D eigenvalue weighted by Gasteiger charge is 2.45. The number of allylic oxidation sites excluding steroid dienone is 6. The van der Waals surface area contributed by atoms with Crippen LogP contribution in [0, 0.1) is 0 Å². The third-order valence-electron chi connectivity index (χ3n) is 13.6. The van der Waals surface area contributed by atoms with E-state index >= 15 is 0 Å². The van der Waals surface area contributed by atoms with Crippen LogP contribution in [0.2, 0.25) is 0 Å². The van der Waals surface area contributed by atoms with Gasteiger partial charge in [0.15, 0.2) is 5.71 Å². The number of pyridine rings is 1. The Kier molecular flexibility index (Phi) is 17.6. The van der Waals surface area contributed by atoms with Crippen LogP contribution < -0.4 is 9.47 Å². The van der Waals surface area contributed by atoms with Gasteiger partial charge < -0.3 is 14.6 Å². The quantitative estimate of drug-likeness (QED) is 0.0288. The Morgan fingerprint density at radius 3 is 2.06 bits per heavy atom. The van der Waals surface area contributed by atoms with Gasteiger partial charge in [-0.25, -0.2) is 19.2 Å². The summed E-state index contributed by atoms with van der Waals surface area (Å²) in [6, 6.07) is 12.6. The number of hydrogen-bond donors (Lipinski definition) is 2. The van der Waals surface area contributed by atoms with Crippen LogP contribution in [0.4, 0.5) is 11.5 Å². The molecule has 3 aromatic rings. The molecule has 7 rings (SSSR count). The van der Waals surface area contributed by atoms with Crippen molar-refractivity contribution in [3.05, 3.63) is 119 Å². The highest BCUT2D eigenvalue weighted by molar-refractivity contribution is 7.86. The van der Waals surface area contributed by atoms with Gasteiger partial charge in [-0.3, -0.25) is 37.9 Å². The molecule has 4 aliphatic rings. The molecule has 2 N–H and O–H groups in total. The number of fused-ring (bicyclic) bond motifs is 2. The van der Waals surface area contributed by atoms with E-state index in [-0.39, 0.29) is 67.7 Å². The predicted molar refractivity (Wildman–Crippen MR) is 276 cm³/mol. The van der Waals surface area contributed by atoms with Crippen molar-refractivity contribution in [2.45, 2.75) is 121 Å². The van der Waals surface area contributed by atoms with Crippen molar-refractivity contribution in [2.24, 2.45) is 4.99 Å². The van der Waals surface area contributed by atoms with Gasteiger partial charge in [0.25, 0.3) is 49.8 Å². The highest BCUT2D eigenvalue weighted by Crippen LogP contribution is 2.50. The molecule has 2 aromatic carbocycles. The Labute approximate surface area is 446 Å². The van der Waals surface area contributed by atoms with Gasteiger partial charge in [0.1, 0.15) is 6.20 Å². The van der Waals surface area contributed by atoms with Crippen LogP contribution in [0.3, 0.4) is 0 Å². The summed E-state index contributed by atoms with van der Waals surface area (Å²) in [4.78, 5) is 109. The molecule has 5 heterocycles. The van der Waals surface area contributed by atoms with Crippen LogP contribution in [0.5, 0.6) is 0 Å². The maximum Gasteiger partial charge on any atom is 0.363 e. The zero-order chi connectivity index (χ0) is 56.0. The van der Waals surface area contributed by atoms with Crippen LogP contribution in [0.1, 0.15) is 129 Å². The van der Waals surface area contributed by atoms with Crippen LogP contribution in [-0.4, -0.2) is 114 Å². The zero-order valence-electron chi connectivity index (χ0n) is 43.3. The number of nitrogens with zero attached hydrogens (tertiary/aromatic N) is 6. The number of unbranched alkanes of at least 4 members (excludes halogenated alkanes) is 2. The average molecular weight is 1100 g/mol. The minimum Gasteiger partial charge on any atom is -0.344 e. The number of carbonyl (C=O) groups excluding carboxylic acids is 7. The fourth-order valence-electron chi connectivity index (χ4n) is 9.52. The van der Waals surface area contributed by atoms with E-state index in [1.54, 1.807) is 47.2 Å². The number of hydroxylamine groups is 6. The summed E-state index contributed by atoms with van der Waals surface area (Å²) in [6.07, 6.45) is 13.0. The molecule has 5 amide bonds. The second kappa shape index (κ2) is 23.6. The maximum atomic E-state index is 13.8. The number of aliphatic imine (C=N–C) groups is 1. The first-order valence-electron chi connectivity index (χ1n) is 25.0. The zero-order valence-corrected chi connectivity index (χ0v) is 44.9. The average Bonchev–Trinajstić information content (AvgIpc) is 4.15. The third-order valence-corrected chi connectivity index (χ3v) is 15.3. The largest absolute Gasteiger partial charge is 0.363 e. The first-order chi connectivity index (χ1) is 36.3.